The van der Waals surface area contributed by atoms with E-state index in [1.807, 2.05) is 60.4 Å². The van der Waals surface area contributed by atoms with E-state index >= 15 is 0 Å². The van der Waals surface area contributed by atoms with Crippen molar-refractivity contribution in [3.63, 3.8) is 0 Å². The summed E-state index contributed by atoms with van der Waals surface area (Å²) in [4.78, 5) is 29.6. The quantitative estimate of drug-likeness (QED) is 0.639. The lowest BCUT2D eigenvalue weighted by molar-refractivity contribution is 0.0746. The summed E-state index contributed by atoms with van der Waals surface area (Å²) in [7, 11) is 0. The number of nitrogens with zero attached hydrogens (tertiary/aromatic N) is 2. The molecule has 0 spiro atoms. The minimum atomic E-state index is -0.132. The molecule has 0 radical (unpaired) electrons. The first-order chi connectivity index (χ1) is 15.0. The molecule has 6 heteroatoms. The maximum Gasteiger partial charge on any atom is 0.255 e. The van der Waals surface area contributed by atoms with Crippen LogP contribution < -0.4 is 10.2 Å². The Hall–Kier alpha value is -3.31. The van der Waals surface area contributed by atoms with Gasteiger partial charge < -0.3 is 15.1 Å². The minimum Gasteiger partial charge on any atom is -0.366 e. The Morgan fingerprint density at radius 1 is 0.839 bits per heavy atom. The molecule has 1 fully saturated rings. The van der Waals surface area contributed by atoms with E-state index in [4.69, 9.17) is 11.6 Å². The van der Waals surface area contributed by atoms with Gasteiger partial charge in [0.1, 0.15) is 0 Å². The van der Waals surface area contributed by atoms with E-state index in [1.165, 1.54) is 0 Å². The van der Waals surface area contributed by atoms with Crippen LogP contribution in [0.3, 0.4) is 0 Å². The normalized spacial score (nSPS) is 13.7. The number of halogens is 1. The number of nitrogens with one attached hydrogen (secondary N) is 1. The molecule has 31 heavy (non-hydrogen) atoms. The molecule has 158 valence electrons. The number of aryl methyl sites for hydroxylation is 1. The molecular weight excluding hydrogens is 410 g/mol. The van der Waals surface area contributed by atoms with Crippen LogP contribution in [0, 0.1) is 6.92 Å². The standard InChI is InChI=1S/C25H24ClN3O2/c1-18-5-4-6-20(17-18)24(30)27-22-7-2-3-8-23(22)28-13-15-29(16-14-28)25(31)19-9-11-21(26)12-10-19/h2-12,17H,13-16H2,1H3,(H,27,30). The molecule has 0 unspecified atom stereocenters. The van der Waals surface area contributed by atoms with Gasteiger partial charge in [0.2, 0.25) is 0 Å². The van der Waals surface area contributed by atoms with Gasteiger partial charge in [-0.1, -0.05) is 41.4 Å². The zero-order chi connectivity index (χ0) is 21.8. The van der Waals surface area contributed by atoms with Crippen molar-refractivity contribution >= 4 is 34.8 Å². The van der Waals surface area contributed by atoms with E-state index in [-0.39, 0.29) is 11.8 Å². The summed E-state index contributed by atoms with van der Waals surface area (Å²) in [6, 6.07) is 22.3. The lowest BCUT2D eigenvalue weighted by Gasteiger charge is -2.37. The highest BCUT2D eigenvalue weighted by Crippen LogP contribution is 2.27. The largest absolute Gasteiger partial charge is 0.366 e. The fourth-order valence-corrected chi connectivity index (χ4v) is 3.89. The van der Waals surface area contributed by atoms with E-state index in [1.54, 1.807) is 24.3 Å². The third kappa shape index (κ3) is 4.89. The van der Waals surface area contributed by atoms with Crippen LogP contribution in [0.25, 0.3) is 0 Å². The smallest absolute Gasteiger partial charge is 0.255 e. The van der Waals surface area contributed by atoms with E-state index in [0.29, 0.717) is 42.3 Å². The van der Waals surface area contributed by atoms with Crippen LogP contribution in [0.4, 0.5) is 11.4 Å². The molecule has 0 atom stereocenters. The second kappa shape index (κ2) is 9.23. The van der Waals surface area contributed by atoms with Crippen molar-refractivity contribution in [2.75, 3.05) is 36.4 Å². The molecule has 1 heterocycles. The van der Waals surface area contributed by atoms with Crippen molar-refractivity contribution in [3.8, 4) is 0 Å². The van der Waals surface area contributed by atoms with Crippen molar-refractivity contribution in [2.45, 2.75) is 6.92 Å². The molecule has 1 N–H and O–H groups in total. The first-order valence-electron chi connectivity index (χ1n) is 10.3. The maximum absolute atomic E-state index is 12.8. The molecule has 2 amide bonds. The first-order valence-corrected chi connectivity index (χ1v) is 10.7. The van der Waals surface area contributed by atoms with Crippen LogP contribution in [0.5, 0.6) is 0 Å². The lowest BCUT2D eigenvalue weighted by Crippen LogP contribution is -2.49. The number of carbonyl (C=O) groups is 2. The molecule has 0 bridgehead atoms. The van der Waals surface area contributed by atoms with Gasteiger partial charge in [-0.15, -0.1) is 0 Å². The Labute approximate surface area is 187 Å². The Kier molecular flexibility index (Phi) is 6.23. The Morgan fingerprint density at radius 2 is 1.55 bits per heavy atom. The average molecular weight is 434 g/mol. The second-order valence-corrected chi connectivity index (χ2v) is 8.06. The van der Waals surface area contributed by atoms with Crippen LogP contribution in [0.1, 0.15) is 26.3 Å². The first kappa shape index (κ1) is 20.9. The molecule has 0 aliphatic carbocycles. The summed E-state index contributed by atoms with van der Waals surface area (Å²) in [6.07, 6.45) is 0. The number of benzene rings is 3. The highest BCUT2D eigenvalue weighted by Gasteiger charge is 2.24. The Morgan fingerprint density at radius 3 is 2.26 bits per heavy atom. The predicted molar refractivity (Wildman–Crippen MR) is 125 cm³/mol. The molecular formula is C25H24ClN3O2. The predicted octanol–water partition coefficient (Wildman–Crippen LogP) is 4.86. The van der Waals surface area contributed by atoms with Crippen molar-refractivity contribution in [1.82, 2.24) is 4.90 Å². The molecule has 3 aromatic carbocycles. The lowest BCUT2D eigenvalue weighted by atomic mass is 10.1. The van der Waals surface area contributed by atoms with Crippen LogP contribution in [0.15, 0.2) is 72.8 Å². The van der Waals surface area contributed by atoms with Crippen molar-refractivity contribution in [3.05, 3.63) is 94.5 Å². The monoisotopic (exact) mass is 433 g/mol. The van der Waals surface area contributed by atoms with E-state index in [9.17, 15) is 9.59 Å². The number of rotatable bonds is 4. The van der Waals surface area contributed by atoms with Gasteiger partial charge in [0, 0.05) is 42.3 Å². The number of hydrogen-bond donors (Lipinski definition) is 1. The summed E-state index contributed by atoms with van der Waals surface area (Å²) in [5.74, 6) is -0.120. The fourth-order valence-electron chi connectivity index (χ4n) is 3.76. The number of amides is 2. The van der Waals surface area contributed by atoms with E-state index < -0.39 is 0 Å². The van der Waals surface area contributed by atoms with Gasteiger partial charge in [-0.2, -0.15) is 0 Å². The van der Waals surface area contributed by atoms with Gasteiger partial charge in [-0.3, -0.25) is 9.59 Å². The second-order valence-electron chi connectivity index (χ2n) is 7.63. The highest BCUT2D eigenvalue weighted by atomic mass is 35.5. The maximum atomic E-state index is 12.8. The van der Waals surface area contributed by atoms with Crippen molar-refractivity contribution in [2.24, 2.45) is 0 Å². The molecule has 4 rings (SSSR count). The van der Waals surface area contributed by atoms with Crippen LogP contribution in [-0.4, -0.2) is 42.9 Å². The van der Waals surface area contributed by atoms with Gasteiger partial charge in [-0.05, 0) is 55.5 Å². The number of carbonyl (C=O) groups excluding carboxylic acids is 2. The number of para-hydroxylation sites is 2. The molecule has 1 saturated heterocycles. The average Bonchev–Trinajstić information content (AvgIpc) is 2.80. The van der Waals surface area contributed by atoms with Gasteiger partial charge in [-0.25, -0.2) is 0 Å². The highest BCUT2D eigenvalue weighted by molar-refractivity contribution is 6.30. The summed E-state index contributed by atoms with van der Waals surface area (Å²) in [5, 5.41) is 3.66. The Balaban J connectivity index is 1.44. The van der Waals surface area contributed by atoms with Crippen LogP contribution >= 0.6 is 11.6 Å². The van der Waals surface area contributed by atoms with Crippen molar-refractivity contribution in [1.29, 1.82) is 0 Å². The SMILES string of the molecule is Cc1cccc(C(=O)Nc2ccccc2N2CCN(C(=O)c3ccc(Cl)cc3)CC2)c1. The summed E-state index contributed by atoms with van der Waals surface area (Å²) in [6.45, 7) is 4.58. The zero-order valence-electron chi connectivity index (χ0n) is 17.3. The zero-order valence-corrected chi connectivity index (χ0v) is 18.1. The number of hydrogen-bond acceptors (Lipinski definition) is 3. The van der Waals surface area contributed by atoms with Gasteiger partial charge in [0.15, 0.2) is 0 Å². The van der Waals surface area contributed by atoms with Gasteiger partial charge in [0.25, 0.3) is 11.8 Å². The molecule has 5 nitrogen and oxygen atoms in total. The number of piperazine rings is 1. The van der Waals surface area contributed by atoms with Gasteiger partial charge in [0.05, 0.1) is 11.4 Å². The van der Waals surface area contributed by atoms with E-state index in [0.717, 1.165) is 16.9 Å². The summed E-state index contributed by atoms with van der Waals surface area (Å²) < 4.78 is 0. The fraction of sp³-hybridized carbons (Fsp3) is 0.200. The third-order valence-electron chi connectivity index (χ3n) is 5.43. The molecule has 1 aliphatic heterocycles. The third-order valence-corrected chi connectivity index (χ3v) is 5.68. The van der Waals surface area contributed by atoms with E-state index in [2.05, 4.69) is 10.2 Å². The topological polar surface area (TPSA) is 52.7 Å². The minimum absolute atomic E-state index is 0.0114. The molecule has 3 aromatic rings. The van der Waals surface area contributed by atoms with Gasteiger partial charge >= 0.3 is 0 Å². The number of anilines is 2. The summed E-state index contributed by atoms with van der Waals surface area (Å²) in [5.41, 5.74) is 4.05. The Bertz CT molecular complexity index is 1090. The molecule has 1 aliphatic rings. The van der Waals surface area contributed by atoms with Crippen LogP contribution in [-0.2, 0) is 0 Å². The molecule has 0 saturated carbocycles. The van der Waals surface area contributed by atoms with Crippen LogP contribution in [0.2, 0.25) is 5.02 Å². The van der Waals surface area contributed by atoms with Crippen molar-refractivity contribution < 1.29 is 9.59 Å². The molecule has 0 aromatic heterocycles. The summed E-state index contributed by atoms with van der Waals surface area (Å²) >= 11 is 5.93.